The summed E-state index contributed by atoms with van der Waals surface area (Å²) in [6, 6.07) is 9.00. The van der Waals surface area contributed by atoms with E-state index in [0.717, 1.165) is 39.1 Å². The fourth-order valence-corrected chi connectivity index (χ4v) is 5.25. The fraction of sp³-hybridized carbons (Fsp3) is 0.625. The van der Waals surface area contributed by atoms with Gasteiger partial charge >= 0.3 is 0 Å². The highest BCUT2D eigenvalue weighted by Crippen LogP contribution is 2.24. The summed E-state index contributed by atoms with van der Waals surface area (Å²) in [5.41, 5.74) is 2.69. The van der Waals surface area contributed by atoms with Crippen LogP contribution in [0.3, 0.4) is 0 Å². The average molecular weight is 397 g/mol. The van der Waals surface area contributed by atoms with Crippen LogP contribution in [0.5, 0.6) is 0 Å². The molecule has 29 heavy (non-hydrogen) atoms. The predicted octanol–water partition coefficient (Wildman–Crippen LogP) is 3.48. The molecular formula is C24H36N4O. The number of likely N-dealkylation sites (tertiary alicyclic amines) is 2. The maximum absolute atomic E-state index is 12.4. The van der Waals surface area contributed by atoms with E-state index in [1.54, 1.807) is 6.92 Å². The highest BCUT2D eigenvalue weighted by atomic mass is 16.2. The van der Waals surface area contributed by atoms with E-state index >= 15 is 0 Å². The topological polar surface area (TPSA) is 31.7 Å². The SMILES string of the molecule is CC(=O)N(CCN1CCCCC1)C1CCCN(Cc2cn(C)c3ccccc23)C1. The molecule has 1 unspecified atom stereocenters. The number of fused-ring (bicyclic) bond motifs is 1. The Bertz CT molecular complexity index is 823. The van der Waals surface area contributed by atoms with Crippen molar-refractivity contribution in [1.29, 1.82) is 0 Å². The lowest BCUT2D eigenvalue weighted by Crippen LogP contribution is -2.51. The molecule has 2 aliphatic rings. The number of benzene rings is 1. The molecule has 0 bridgehead atoms. The van der Waals surface area contributed by atoms with Crippen LogP contribution in [0.25, 0.3) is 10.9 Å². The van der Waals surface area contributed by atoms with Crippen molar-refractivity contribution in [3.63, 3.8) is 0 Å². The Hall–Kier alpha value is -1.85. The highest BCUT2D eigenvalue weighted by molar-refractivity contribution is 5.83. The largest absolute Gasteiger partial charge is 0.350 e. The maximum Gasteiger partial charge on any atom is 0.219 e. The number of carbonyl (C=O) groups is 1. The minimum atomic E-state index is 0.235. The predicted molar refractivity (Wildman–Crippen MR) is 119 cm³/mol. The van der Waals surface area contributed by atoms with Crippen LogP contribution in [-0.4, -0.2) is 70.5 Å². The van der Waals surface area contributed by atoms with Gasteiger partial charge in [0.2, 0.25) is 5.91 Å². The third kappa shape index (κ3) is 4.84. The number of para-hydroxylation sites is 1. The Kier molecular flexibility index (Phi) is 6.56. The van der Waals surface area contributed by atoms with Crippen molar-refractivity contribution in [2.75, 3.05) is 39.3 Å². The quantitative estimate of drug-likeness (QED) is 0.749. The molecule has 1 amide bonds. The van der Waals surface area contributed by atoms with Gasteiger partial charge in [0.25, 0.3) is 0 Å². The lowest BCUT2D eigenvalue weighted by atomic mass is 10.0. The van der Waals surface area contributed by atoms with Gasteiger partial charge < -0.3 is 14.4 Å². The molecule has 0 spiro atoms. The van der Waals surface area contributed by atoms with Crippen molar-refractivity contribution >= 4 is 16.8 Å². The monoisotopic (exact) mass is 396 g/mol. The van der Waals surface area contributed by atoms with Gasteiger partial charge in [-0.05, 0) is 56.9 Å². The van der Waals surface area contributed by atoms with Gasteiger partial charge in [-0.2, -0.15) is 0 Å². The number of piperidine rings is 2. The number of carbonyl (C=O) groups excluding carboxylic acids is 1. The van der Waals surface area contributed by atoms with E-state index in [-0.39, 0.29) is 5.91 Å². The van der Waals surface area contributed by atoms with Crippen LogP contribution in [0, 0.1) is 0 Å². The standard InChI is InChI=1S/C24H36N4O/c1-20(29)28(16-15-26-12-6-3-7-13-26)22-9-8-14-27(19-22)18-21-17-25(2)24-11-5-4-10-23(21)24/h4-5,10-11,17,22H,3,6-9,12-16,18-19H2,1-2H3. The second kappa shape index (κ2) is 9.31. The van der Waals surface area contributed by atoms with E-state index < -0.39 is 0 Å². The molecule has 0 saturated carbocycles. The summed E-state index contributed by atoms with van der Waals surface area (Å²) in [4.78, 5) is 19.7. The first-order chi connectivity index (χ1) is 14.1. The number of amides is 1. The highest BCUT2D eigenvalue weighted by Gasteiger charge is 2.28. The molecule has 2 aromatic rings. The molecule has 4 rings (SSSR count). The molecule has 1 aromatic carbocycles. The molecule has 5 heteroatoms. The van der Waals surface area contributed by atoms with Gasteiger partial charge in [-0.3, -0.25) is 9.69 Å². The number of hydrogen-bond acceptors (Lipinski definition) is 3. The van der Waals surface area contributed by atoms with Gasteiger partial charge in [0, 0.05) is 63.3 Å². The van der Waals surface area contributed by atoms with Crippen LogP contribution in [0.1, 0.15) is 44.6 Å². The summed E-state index contributed by atoms with van der Waals surface area (Å²) in [5.74, 6) is 0.235. The molecule has 2 saturated heterocycles. The first-order valence-corrected chi connectivity index (χ1v) is 11.4. The molecule has 0 N–H and O–H groups in total. The minimum absolute atomic E-state index is 0.235. The van der Waals surface area contributed by atoms with Gasteiger partial charge in [-0.15, -0.1) is 0 Å². The molecular weight excluding hydrogens is 360 g/mol. The molecule has 5 nitrogen and oxygen atoms in total. The Labute approximate surface area is 175 Å². The molecule has 1 atom stereocenters. The van der Waals surface area contributed by atoms with Gasteiger partial charge in [0.1, 0.15) is 0 Å². The van der Waals surface area contributed by atoms with Gasteiger partial charge in [0.15, 0.2) is 0 Å². The van der Waals surface area contributed by atoms with E-state index in [4.69, 9.17) is 0 Å². The average Bonchev–Trinajstić information content (AvgIpc) is 3.05. The van der Waals surface area contributed by atoms with Gasteiger partial charge in [-0.25, -0.2) is 0 Å². The van der Waals surface area contributed by atoms with Crippen molar-refractivity contribution < 1.29 is 4.79 Å². The van der Waals surface area contributed by atoms with Crippen molar-refractivity contribution in [3.8, 4) is 0 Å². The van der Waals surface area contributed by atoms with E-state index in [2.05, 4.69) is 56.8 Å². The Morgan fingerprint density at radius 3 is 2.62 bits per heavy atom. The normalized spacial score (nSPS) is 21.5. The fourth-order valence-electron chi connectivity index (χ4n) is 5.25. The van der Waals surface area contributed by atoms with Crippen molar-refractivity contribution in [3.05, 3.63) is 36.0 Å². The summed E-state index contributed by atoms with van der Waals surface area (Å²) in [6.45, 7) is 9.13. The number of nitrogens with zero attached hydrogens (tertiary/aromatic N) is 4. The van der Waals surface area contributed by atoms with Crippen molar-refractivity contribution in [1.82, 2.24) is 19.3 Å². The van der Waals surface area contributed by atoms with Crippen LogP contribution < -0.4 is 0 Å². The van der Waals surface area contributed by atoms with Crippen LogP contribution in [0.2, 0.25) is 0 Å². The zero-order chi connectivity index (χ0) is 20.2. The van der Waals surface area contributed by atoms with Gasteiger partial charge in [-0.1, -0.05) is 24.6 Å². The second-order valence-corrected chi connectivity index (χ2v) is 8.93. The second-order valence-electron chi connectivity index (χ2n) is 8.93. The molecule has 0 aliphatic carbocycles. The van der Waals surface area contributed by atoms with Crippen molar-refractivity contribution in [2.24, 2.45) is 7.05 Å². The van der Waals surface area contributed by atoms with Crippen molar-refractivity contribution in [2.45, 2.75) is 51.6 Å². The Morgan fingerprint density at radius 1 is 1.07 bits per heavy atom. The lowest BCUT2D eigenvalue weighted by Gasteiger charge is -2.40. The molecule has 3 heterocycles. The van der Waals surface area contributed by atoms with Crippen LogP contribution in [0.4, 0.5) is 0 Å². The third-order valence-electron chi connectivity index (χ3n) is 6.81. The van der Waals surface area contributed by atoms with Gasteiger partial charge in [0.05, 0.1) is 0 Å². The number of aromatic nitrogens is 1. The molecule has 2 aliphatic heterocycles. The number of rotatable bonds is 6. The summed E-state index contributed by atoms with van der Waals surface area (Å²) < 4.78 is 2.23. The summed E-state index contributed by atoms with van der Waals surface area (Å²) in [7, 11) is 2.13. The third-order valence-corrected chi connectivity index (χ3v) is 6.81. The summed E-state index contributed by atoms with van der Waals surface area (Å²) >= 11 is 0. The zero-order valence-electron chi connectivity index (χ0n) is 18.1. The van der Waals surface area contributed by atoms with Crippen LogP contribution >= 0.6 is 0 Å². The molecule has 1 aromatic heterocycles. The van der Waals surface area contributed by atoms with E-state index in [9.17, 15) is 4.79 Å². The summed E-state index contributed by atoms with van der Waals surface area (Å²) in [5, 5.41) is 1.35. The Balaban J connectivity index is 1.39. The van der Waals surface area contributed by atoms with E-state index in [0.29, 0.717) is 6.04 Å². The zero-order valence-corrected chi connectivity index (χ0v) is 18.1. The molecule has 0 radical (unpaired) electrons. The molecule has 158 valence electrons. The first kappa shape index (κ1) is 20.4. The van der Waals surface area contributed by atoms with E-state index in [1.807, 2.05) is 0 Å². The van der Waals surface area contributed by atoms with E-state index in [1.165, 1.54) is 55.2 Å². The van der Waals surface area contributed by atoms with Crippen LogP contribution in [-0.2, 0) is 18.4 Å². The van der Waals surface area contributed by atoms with Crippen LogP contribution in [0.15, 0.2) is 30.5 Å². The lowest BCUT2D eigenvalue weighted by molar-refractivity contribution is -0.132. The first-order valence-electron chi connectivity index (χ1n) is 11.4. The molecule has 2 fully saturated rings. The Morgan fingerprint density at radius 2 is 1.83 bits per heavy atom. The number of aryl methyl sites for hydroxylation is 1. The maximum atomic E-state index is 12.4. The summed E-state index contributed by atoms with van der Waals surface area (Å²) in [6.07, 6.45) is 8.55. The minimum Gasteiger partial charge on any atom is -0.350 e. The number of hydrogen-bond donors (Lipinski definition) is 0. The smallest absolute Gasteiger partial charge is 0.219 e.